The van der Waals surface area contributed by atoms with Gasteiger partial charge in [-0.15, -0.1) is 5.06 Å². The van der Waals surface area contributed by atoms with Gasteiger partial charge < -0.3 is 4.84 Å². The van der Waals surface area contributed by atoms with Crippen LogP contribution < -0.4 is 0 Å². The van der Waals surface area contributed by atoms with E-state index in [1.807, 2.05) is 6.92 Å². The second-order valence-corrected chi connectivity index (χ2v) is 2.10. The summed E-state index contributed by atoms with van der Waals surface area (Å²) >= 11 is 0. The molecule has 0 aliphatic carbocycles. The first kappa shape index (κ1) is 9.17. The Hall–Kier alpha value is -0.830. The lowest BCUT2D eigenvalue weighted by molar-refractivity contribution is -0.177. The van der Waals surface area contributed by atoms with Gasteiger partial charge in [-0.1, -0.05) is 6.58 Å². The molecule has 0 aromatic rings. The van der Waals surface area contributed by atoms with Crippen LogP contribution in [0.4, 0.5) is 0 Å². The van der Waals surface area contributed by atoms with Crippen molar-refractivity contribution in [2.24, 2.45) is 0 Å². The van der Waals surface area contributed by atoms with Gasteiger partial charge in [0.25, 0.3) is 0 Å². The Morgan fingerprint density at radius 3 is 2.50 bits per heavy atom. The largest absolute Gasteiger partial charge is 0.364 e. The summed E-state index contributed by atoms with van der Waals surface area (Å²) in [6.45, 7) is 7.63. The van der Waals surface area contributed by atoms with Crippen LogP contribution in [0.2, 0.25) is 0 Å². The quantitative estimate of drug-likeness (QED) is 0.435. The standard InChI is InChI=1S/C7H13NO2/c1-5-8(4)10-7(9)6(2)3/h2,5H2,1,3-4H3. The molecular formula is C7H13NO2. The van der Waals surface area contributed by atoms with Gasteiger partial charge in [0.05, 0.1) is 0 Å². The molecule has 0 aliphatic heterocycles. The Bertz CT molecular complexity index is 143. The van der Waals surface area contributed by atoms with Crippen LogP contribution in [0, 0.1) is 0 Å². The summed E-state index contributed by atoms with van der Waals surface area (Å²) in [6.07, 6.45) is 0. The Labute approximate surface area is 61.2 Å². The number of hydrogen-bond donors (Lipinski definition) is 0. The van der Waals surface area contributed by atoms with E-state index in [9.17, 15) is 4.79 Å². The van der Waals surface area contributed by atoms with Gasteiger partial charge in [0.15, 0.2) is 0 Å². The molecule has 0 radical (unpaired) electrons. The summed E-state index contributed by atoms with van der Waals surface area (Å²) in [5.41, 5.74) is 0.417. The monoisotopic (exact) mass is 143 g/mol. The third-order valence-corrected chi connectivity index (χ3v) is 1.03. The maximum atomic E-state index is 10.7. The minimum atomic E-state index is -0.371. The molecule has 58 valence electrons. The van der Waals surface area contributed by atoms with Gasteiger partial charge in [-0.05, 0) is 13.8 Å². The van der Waals surface area contributed by atoms with Gasteiger partial charge >= 0.3 is 5.97 Å². The van der Waals surface area contributed by atoms with E-state index in [0.717, 1.165) is 0 Å². The fourth-order valence-electron chi connectivity index (χ4n) is 0.284. The van der Waals surface area contributed by atoms with Crippen LogP contribution in [-0.4, -0.2) is 24.6 Å². The molecule has 0 aromatic heterocycles. The van der Waals surface area contributed by atoms with E-state index in [-0.39, 0.29) is 5.97 Å². The summed E-state index contributed by atoms with van der Waals surface area (Å²) < 4.78 is 0. The molecule has 10 heavy (non-hydrogen) atoms. The highest BCUT2D eigenvalue weighted by molar-refractivity contribution is 5.86. The first-order valence-corrected chi connectivity index (χ1v) is 3.16. The number of rotatable bonds is 3. The van der Waals surface area contributed by atoms with E-state index in [0.29, 0.717) is 12.1 Å². The van der Waals surface area contributed by atoms with Crippen molar-refractivity contribution in [3.05, 3.63) is 12.2 Å². The van der Waals surface area contributed by atoms with Crippen molar-refractivity contribution >= 4 is 5.97 Å². The predicted octanol–water partition coefficient (Wildman–Crippen LogP) is 0.972. The molecule has 0 aliphatic rings. The van der Waals surface area contributed by atoms with Gasteiger partial charge in [0, 0.05) is 19.2 Å². The molecule has 3 heteroatoms. The van der Waals surface area contributed by atoms with Crippen LogP contribution >= 0.6 is 0 Å². The lowest BCUT2D eigenvalue weighted by Crippen LogP contribution is -2.22. The number of carbonyl (C=O) groups is 1. The Kier molecular flexibility index (Phi) is 3.72. The van der Waals surface area contributed by atoms with Gasteiger partial charge in [-0.3, -0.25) is 0 Å². The van der Waals surface area contributed by atoms with Crippen LogP contribution in [0.1, 0.15) is 13.8 Å². The predicted molar refractivity (Wildman–Crippen MR) is 39.2 cm³/mol. The van der Waals surface area contributed by atoms with Crippen LogP contribution in [-0.2, 0) is 9.63 Å². The summed E-state index contributed by atoms with van der Waals surface area (Å²) in [6, 6.07) is 0. The highest BCUT2D eigenvalue weighted by atomic mass is 16.7. The van der Waals surface area contributed by atoms with Crippen molar-refractivity contribution in [3.8, 4) is 0 Å². The molecule has 0 amide bonds. The number of hydroxylamine groups is 2. The summed E-state index contributed by atoms with van der Waals surface area (Å²) in [5.74, 6) is -0.371. The molecule has 0 saturated heterocycles. The Morgan fingerprint density at radius 1 is 1.70 bits per heavy atom. The van der Waals surface area contributed by atoms with E-state index >= 15 is 0 Å². The third-order valence-electron chi connectivity index (χ3n) is 1.03. The van der Waals surface area contributed by atoms with Crippen molar-refractivity contribution in [1.82, 2.24) is 5.06 Å². The first-order chi connectivity index (χ1) is 4.57. The highest BCUT2D eigenvalue weighted by Gasteiger charge is 2.04. The molecular weight excluding hydrogens is 130 g/mol. The fraction of sp³-hybridized carbons (Fsp3) is 0.571. The first-order valence-electron chi connectivity index (χ1n) is 3.16. The van der Waals surface area contributed by atoms with E-state index in [1.165, 1.54) is 5.06 Å². The van der Waals surface area contributed by atoms with Crippen molar-refractivity contribution in [2.75, 3.05) is 13.6 Å². The lowest BCUT2D eigenvalue weighted by Gasteiger charge is -2.12. The Balaban J connectivity index is 3.68. The summed E-state index contributed by atoms with van der Waals surface area (Å²) in [5, 5.41) is 1.46. The molecule has 0 rings (SSSR count). The van der Waals surface area contributed by atoms with Crippen LogP contribution in [0.25, 0.3) is 0 Å². The Morgan fingerprint density at radius 2 is 2.20 bits per heavy atom. The smallest absolute Gasteiger partial charge is 0.351 e. The highest BCUT2D eigenvalue weighted by Crippen LogP contribution is 1.93. The zero-order valence-corrected chi connectivity index (χ0v) is 6.68. The second kappa shape index (κ2) is 4.06. The number of nitrogens with zero attached hydrogens (tertiary/aromatic N) is 1. The van der Waals surface area contributed by atoms with Gasteiger partial charge in [-0.25, -0.2) is 4.79 Å². The van der Waals surface area contributed by atoms with Crippen molar-refractivity contribution in [2.45, 2.75) is 13.8 Å². The summed E-state index contributed by atoms with van der Waals surface area (Å²) in [7, 11) is 1.70. The van der Waals surface area contributed by atoms with Crippen molar-refractivity contribution in [3.63, 3.8) is 0 Å². The second-order valence-electron chi connectivity index (χ2n) is 2.10. The zero-order valence-electron chi connectivity index (χ0n) is 6.68. The zero-order chi connectivity index (χ0) is 8.15. The molecule has 0 unspecified atom stereocenters. The third kappa shape index (κ3) is 3.25. The molecule has 0 saturated carbocycles. The maximum absolute atomic E-state index is 10.7. The summed E-state index contributed by atoms with van der Waals surface area (Å²) in [4.78, 5) is 15.5. The minimum Gasteiger partial charge on any atom is -0.364 e. The SMILES string of the molecule is C=C(C)C(=O)ON(C)CC. The van der Waals surface area contributed by atoms with Gasteiger partial charge in [0.2, 0.25) is 0 Å². The van der Waals surface area contributed by atoms with E-state index in [1.54, 1.807) is 14.0 Å². The topological polar surface area (TPSA) is 29.5 Å². The number of hydrogen-bond acceptors (Lipinski definition) is 3. The molecule has 0 bridgehead atoms. The van der Waals surface area contributed by atoms with Crippen LogP contribution in [0.3, 0.4) is 0 Å². The van der Waals surface area contributed by atoms with E-state index in [2.05, 4.69) is 6.58 Å². The number of carbonyl (C=O) groups excluding carboxylic acids is 1. The van der Waals surface area contributed by atoms with Gasteiger partial charge in [-0.2, -0.15) is 0 Å². The van der Waals surface area contributed by atoms with E-state index in [4.69, 9.17) is 4.84 Å². The normalized spacial score (nSPS) is 9.60. The molecule has 0 fully saturated rings. The average Bonchev–Trinajstić information content (AvgIpc) is 1.87. The van der Waals surface area contributed by atoms with Crippen molar-refractivity contribution < 1.29 is 9.63 Å². The van der Waals surface area contributed by atoms with Gasteiger partial charge in [0.1, 0.15) is 0 Å². The molecule has 0 spiro atoms. The lowest BCUT2D eigenvalue weighted by atomic mass is 10.4. The van der Waals surface area contributed by atoms with Crippen LogP contribution in [0.5, 0.6) is 0 Å². The molecule has 0 N–H and O–H groups in total. The van der Waals surface area contributed by atoms with Crippen molar-refractivity contribution in [1.29, 1.82) is 0 Å². The van der Waals surface area contributed by atoms with E-state index < -0.39 is 0 Å². The maximum Gasteiger partial charge on any atom is 0.351 e. The average molecular weight is 143 g/mol. The minimum absolute atomic E-state index is 0.371. The fourth-order valence-corrected chi connectivity index (χ4v) is 0.284. The molecule has 0 aromatic carbocycles. The van der Waals surface area contributed by atoms with Crippen LogP contribution in [0.15, 0.2) is 12.2 Å². The molecule has 3 nitrogen and oxygen atoms in total. The molecule has 0 heterocycles. The molecule has 0 atom stereocenters.